The molecule has 2 aromatic rings. The first-order chi connectivity index (χ1) is 13.3. The summed E-state index contributed by atoms with van der Waals surface area (Å²) in [4.78, 5) is 21.9. The Balaban J connectivity index is 1.49. The number of hydrogen-bond donors (Lipinski definition) is 1. The second kappa shape index (κ2) is 8.63. The molecule has 7 nitrogen and oxygen atoms in total. The van der Waals surface area contributed by atoms with Gasteiger partial charge in [-0.2, -0.15) is 5.10 Å². The van der Waals surface area contributed by atoms with Gasteiger partial charge in [-0.1, -0.05) is 24.6 Å². The molecule has 2 aliphatic rings. The Bertz CT molecular complexity index is 743. The molecule has 4 rings (SSSR count). The molecular weight excluding hydrogens is 342 g/mol. The van der Waals surface area contributed by atoms with E-state index in [2.05, 4.69) is 20.1 Å². The highest BCUT2D eigenvalue weighted by Crippen LogP contribution is 2.22. The van der Waals surface area contributed by atoms with Crippen LogP contribution in [0.5, 0.6) is 0 Å². The number of nitrogens with one attached hydrogen (secondary N) is 1. The molecule has 0 aliphatic carbocycles. The molecule has 1 aromatic heterocycles. The zero-order valence-corrected chi connectivity index (χ0v) is 15.6. The van der Waals surface area contributed by atoms with Crippen molar-refractivity contribution in [3.05, 3.63) is 36.2 Å². The number of H-pyrrole nitrogens is 1. The first kappa shape index (κ1) is 18.1. The Kier molecular flexibility index (Phi) is 5.79. The van der Waals surface area contributed by atoms with Gasteiger partial charge in [0.25, 0.3) is 5.91 Å². The Hall–Kier alpha value is -2.25. The lowest BCUT2D eigenvalue weighted by Crippen LogP contribution is -2.44. The van der Waals surface area contributed by atoms with Gasteiger partial charge in [-0.15, -0.1) is 0 Å². The van der Waals surface area contributed by atoms with Crippen molar-refractivity contribution >= 4 is 5.91 Å². The van der Waals surface area contributed by atoms with Crippen LogP contribution in [0.1, 0.15) is 36.0 Å². The smallest absolute Gasteiger partial charge is 0.254 e. The fourth-order valence-corrected chi connectivity index (χ4v) is 4.00. The van der Waals surface area contributed by atoms with Crippen LogP contribution in [-0.2, 0) is 4.74 Å². The number of benzene rings is 1. The first-order valence-electron chi connectivity index (χ1n) is 9.89. The summed E-state index contributed by atoms with van der Waals surface area (Å²) in [5.41, 5.74) is 1.45. The van der Waals surface area contributed by atoms with E-state index in [9.17, 15) is 4.79 Å². The minimum atomic E-state index is 0.0381. The Morgan fingerprint density at radius 2 is 2.00 bits per heavy atom. The number of carbonyl (C=O) groups excluding carboxylic acids is 1. The largest absolute Gasteiger partial charge is 0.375 e. The zero-order valence-electron chi connectivity index (χ0n) is 15.6. The summed E-state index contributed by atoms with van der Waals surface area (Å²) in [7, 11) is 0. The van der Waals surface area contributed by atoms with E-state index in [0.29, 0.717) is 24.5 Å². The second-order valence-electron chi connectivity index (χ2n) is 7.34. The normalized spacial score (nSPS) is 21.8. The van der Waals surface area contributed by atoms with Crippen LogP contribution in [0.2, 0.25) is 0 Å². The maximum absolute atomic E-state index is 13.3. The van der Waals surface area contributed by atoms with E-state index in [0.717, 1.165) is 38.2 Å². The number of piperidine rings is 1. The predicted octanol–water partition coefficient (Wildman–Crippen LogP) is 2.19. The van der Waals surface area contributed by atoms with E-state index in [1.165, 1.54) is 25.6 Å². The average molecular weight is 369 g/mol. The van der Waals surface area contributed by atoms with Gasteiger partial charge in [-0.3, -0.25) is 9.89 Å². The SMILES string of the molecule is O=C(c1ccccc1-c1ncn[nH]1)N1CCCO[C@@H](CN2CCCCC2)C1. The average Bonchev–Trinajstić information content (AvgIpc) is 3.15. The third kappa shape index (κ3) is 4.36. The van der Waals surface area contributed by atoms with Crippen molar-refractivity contribution < 1.29 is 9.53 Å². The lowest BCUT2D eigenvalue weighted by atomic mass is 10.1. The second-order valence-corrected chi connectivity index (χ2v) is 7.34. The lowest BCUT2D eigenvalue weighted by molar-refractivity contribution is 0.0216. The molecule has 0 saturated carbocycles. The topological polar surface area (TPSA) is 74.3 Å². The number of likely N-dealkylation sites (tertiary alicyclic amines) is 1. The number of amides is 1. The number of carbonyl (C=O) groups is 1. The zero-order chi connectivity index (χ0) is 18.5. The Labute approximate surface area is 159 Å². The van der Waals surface area contributed by atoms with Crippen molar-refractivity contribution in [2.75, 3.05) is 39.3 Å². The summed E-state index contributed by atoms with van der Waals surface area (Å²) in [6.07, 6.45) is 6.26. The highest BCUT2D eigenvalue weighted by atomic mass is 16.5. The van der Waals surface area contributed by atoms with Crippen molar-refractivity contribution in [2.24, 2.45) is 0 Å². The van der Waals surface area contributed by atoms with Crippen LogP contribution < -0.4 is 0 Å². The van der Waals surface area contributed by atoms with Crippen molar-refractivity contribution in [1.29, 1.82) is 0 Å². The fraction of sp³-hybridized carbons (Fsp3) is 0.550. The molecule has 2 fully saturated rings. The van der Waals surface area contributed by atoms with Gasteiger partial charge in [0.2, 0.25) is 0 Å². The van der Waals surface area contributed by atoms with E-state index < -0.39 is 0 Å². The quantitative estimate of drug-likeness (QED) is 0.894. The monoisotopic (exact) mass is 369 g/mol. The van der Waals surface area contributed by atoms with Crippen LogP contribution in [0.3, 0.4) is 0 Å². The third-order valence-electron chi connectivity index (χ3n) is 5.38. The first-order valence-corrected chi connectivity index (χ1v) is 9.89. The van der Waals surface area contributed by atoms with Crippen LogP contribution in [-0.4, -0.2) is 76.3 Å². The van der Waals surface area contributed by atoms with Gasteiger partial charge in [0, 0.05) is 31.8 Å². The highest BCUT2D eigenvalue weighted by molar-refractivity contribution is 6.00. The van der Waals surface area contributed by atoms with E-state index in [1.807, 2.05) is 29.2 Å². The van der Waals surface area contributed by atoms with Crippen molar-refractivity contribution in [3.8, 4) is 11.4 Å². The molecule has 1 atom stereocenters. The Morgan fingerprint density at radius 3 is 2.81 bits per heavy atom. The molecule has 27 heavy (non-hydrogen) atoms. The molecule has 2 saturated heterocycles. The van der Waals surface area contributed by atoms with Gasteiger partial charge >= 0.3 is 0 Å². The number of rotatable bonds is 4. The molecule has 1 aromatic carbocycles. The molecule has 0 unspecified atom stereocenters. The predicted molar refractivity (Wildman–Crippen MR) is 102 cm³/mol. The molecule has 1 amide bonds. The van der Waals surface area contributed by atoms with Crippen molar-refractivity contribution in [3.63, 3.8) is 0 Å². The number of hydrogen-bond acceptors (Lipinski definition) is 5. The summed E-state index contributed by atoms with van der Waals surface area (Å²) >= 11 is 0. The molecule has 1 N–H and O–H groups in total. The summed E-state index contributed by atoms with van der Waals surface area (Å²) < 4.78 is 6.06. The number of nitrogens with zero attached hydrogens (tertiary/aromatic N) is 4. The molecule has 144 valence electrons. The van der Waals surface area contributed by atoms with Gasteiger partial charge in [0.1, 0.15) is 6.33 Å². The molecule has 0 bridgehead atoms. The summed E-state index contributed by atoms with van der Waals surface area (Å²) in [5, 5.41) is 6.78. The highest BCUT2D eigenvalue weighted by Gasteiger charge is 2.27. The van der Waals surface area contributed by atoms with E-state index in [4.69, 9.17) is 4.74 Å². The standard InChI is InChI=1S/C20H27N5O2/c26-20(18-8-3-2-7-17(18)19-21-15-22-23-19)25-11-6-12-27-16(14-25)13-24-9-4-1-5-10-24/h2-3,7-8,15-16H,1,4-6,9-14H2,(H,21,22,23)/t16-/m0/s1. The number of aromatic nitrogens is 3. The third-order valence-corrected chi connectivity index (χ3v) is 5.38. The van der Waals surface area contributed by atoms with Gasteiger partial charge in [-0.25, -0.2) is 4.98 Å². The van der Waals surface area contributed by atoms with Gasteiger partial charge in [-0.05, 0) is 38.4 Å². The summed E-state index contributed by atoms with van der Waals surface area (Å²) in [6, 6.07) is 7.59. The Morgan fingerprint density at radius 1 is 1.15 bits per heavy atom. The maximum atomic E-state index is 13.3. The van der Waals surface area contributed by atoms with Crippen LogP contribution in [0.4, 0.5) is 0 Å². The molecule has 2 aliphatic heterocycles. The molecule has 7 heteroatoms. The van der Waals surface area contributed by atoms with E-state index >= 15 is 0 Å². The van der Waals surface area contributed by atoms with Crippen LogP contribution >= 0.6 is 0 Å². The van der Waals surface area contributed by atoms with Crippen molar-refractivity contribution in [1.82, 2.24) is 25.0 Å². The van der Waals surface area contributed by atoms with E-state index in [-0.39, 0.29) is 12.0 Å². The van der Waals surface area contributed by atoms with Gasteiger partial charge < -0.3 is 14.5 Å². The van der Waals surface area contributed by atoms with Crippen molar-refractivity contribution in [2.45, 2.75) is 31.8 Å². The van der Waals surface area contributed by atoms with E-state index in [1.54, 1.807) is 0 Å². The number of aromatic amines is 1. The maximum Gasteiger partial charge on any atom is 0.254 e. The summed E-state index contributed by atoms with van der Waals surface area (Å²) in [6.45, 7) is 5.27. The fourth-order valence-electron chi connectivity index (χ4n) is 4.00. The summed E-state index contributed by atoms with van der Waals surface area (Å²) in [5.74, 6) is 0.658. The number of ether oxygens (including phenoxy) is 1. The van der Waals surface area contributed by atoms with Gasteiger partial charge in [0.05, 0.1) is 11.7 Å². The van der Waals surface area contributed by atoms with Gasteiger partial charge in [0.15, 0.2) is 5.82 Å². The minimum Gasteiger partial charge on any atom is -0.375 e. The van der Waals surface area contributed by atoms with Crippen LogP contribution in [0.25, 0.3) is 11.4 Å². The molecule has 0 radical (unpaired) electrons. The molecular formula is C20H27N5O2. The molecule has 3 heterocycles. The molecule has 0 spiro atoms. The van der Waals surface area contributed by atoms with Crippen LogP contribution in [0, 0.1) is 0 Å². The minimum absolute atomic E-state index is 0.0381. The lowest BCUT2D eigenvalue weighted by Gasteiger charge is -2.31. The van der Waals surface area contributed by atoms with Crippen LogP contribution in [0.15, 0.2) is 30.6 Å².